The number of ether oxygens (including phenoxy) is 2. The van der Waals surface area contributed by atoms with E-state index in [1.165, 1.54) is 0 Å². The van der Waals surface area contributed by atoms with Crippen LogP contribution in [0.4, 0.5) is 0 Å². The van der Waals surface area contributed by atoms with Crippen molar-refractivity contribution in [2.75, 3.05) is 20.3 Å². The van der Waals surface area contributed by atoms with Crippen molar-refractivity contribution in [1.82, 2.24) is 15.0 Å². The predicted molar refractivity (Wildman–Crippen MR) is 80.6 cm³/mol. The Morgan fingerprint density at radius 2 is 1.90 bits per heavy atom. The Hall–Kier alpha value is -2.08. The molecule has 6 nitrogen and oxygen atoms in total. The van der Waals surface area contributed by atoms with Crippen LogP contribution in [0.25, 0.3) is 0 Å². The predicted octanol–water partition coefficient (Wildman–Crippen LogP) is 1.57. The molecule has 0 fully saturated rings. The van der Waals surface area contributed by atoms with Gasteiger partial charge >= 0.3 is 0 Å². The van der Waals surface area contributed by atoms with E-state index in [2.05, 4.69) is 10.3 Å². The fraction of sp³-hybridized carbons (Fsp3) is 0.467. The maximum atomic E-state index is 5.68. The van der Waals surface area contributed by atoms with Gasteiger partial charge < -0.3 is 15.2 Å². The minimum atomic E-state index is 0.597. The quantitative estimate of drug-likeness (QED) is 0.747. The van der Waals surface area contributed by atoms with Gasteiger partial charge in [0.15, 0.2) is 0 Å². The average molecular weight is 290 g/mol. The molecule has 1 aromatic heterocycles. The molecule has 2 aromatic rings. The molecule has 0 amide bonds. The van der Waals surface area contributed by atoms with Crippen molar-refractivity contribution < 1.29 is 9.47 Å². The first-order chi connectivity index (χ1) is 10.2. The molecule has 0 aliphatic carbocycles. The average Bonchev–Trinajstić information content (AvgIpc) is 2.86. The van der Waals surface area contributed by atoms with Crippen LogP contribution in [0.5, 0.6) is 11.5 Å². The van der Waals surface area contributed by atoms with Crippen molar-refractivity contribution in [3.8, 4) is 11.5 Å². The zero-order valence-corrected chi connectivity index (χ0v) is 12.6. The molecule has 21 heavy (non-hydrogen) atoms. The van der Waals surface area contributed by atoms with Crippen LogP contribution in [0.3, 0.4) is 0 Å². The summed E-state index contributed by atoms with van der Waals surface area (Å²) in [4.78, 5) is 0. The van der Waals surface area contributed by atoms with Crippen molar-refractivity contribution in [3.05, 3.63) is 35.7 Å². The van der Waals surface area contributed by atoms with Gasteiger partial charge in [0, 0.05) is 19.4 Å². The van der Waals surface area contributed by atoms with Gasteiger partial charge in [-0.15, -0.1) is 5.10 Å². The summed E-state index contributed by atoms with van der Waals surface area (Å²) >= 11 is 0. The number of hydrogen-bond donors (Lipinski definition) is 1. The molecule has 0 aliphatic rings. The molecule has 0 aliphatic heterocycles. The Kier molecular flexibility index (Phi) is 5.57. The SMILES string of the molecule is COc1ccc(OCCCn2nnc(CCN)c2C)cc1. The molecule has 0 atom stereocenters. The van der Waals surface area contributed by atoms with E-state index in [9.17, 15) is 0 Å². The molecule has 0 unspecified atom stereocenters. The van der Waals surface area contributed by atoms with E-state index in [0.29, 0.717) is 13.2 Å². The topological polar surface area (TPSA) is 75.2 Å². The lowest BCUT2D eigenvalue weighted by molar-refractivity contribution is 0.296. The van der Waals surface area contributed by atoms with Crippen LogP contribution >= 0.6 is 0 Å². The lowest BCUT2D eigenvalue weighted by Crippen LogP contribution is -2.08. The first-order valence-corrected chi connectivity index (χ1v) is 7.10. The third-order valence-electron chi connectivity index (χ3n) is 3.30. The van der Waals surface area contributed by atoms with Crippen LogP contribution in [0.1, 0.15) is 17.8 Å². The smallest absolute Gasteiger partial charge is 0.119 e. The second-order valence-electron chi connectivity index (χ2n) is 4.76. The highest BCUT2D eigenvalue weighted by atomic mass is 16.5. The van der Waals surface area contributed by atoms with E-state index in [0.717, 1.165) is 42.3 Å². The molecule has 0 saturated carbocycles. The maximum Gasteiger partial charge on any atom is 0.119 e. The van der Waals surface area contributed by atoms with E-state index in [4.69, 9.17) is 15.2 Å². The van der Waals surface area contributed by atoms with Crippen LogP contribution in [0, 0.1) is 6.92 Å². The molecule has 1 aromatic carbocycles. The van der Waals surface area contributed by atoms with Gasteiger partial charge in [0.1, 0.15) is 11.5 Å². The highest BCUT2D eigenvalue weighted by molar-refractivity contribution is 5.31. The summed E-state index contributed by atoms with van der Waals surface area (Å²) in [6.45, 7) is 4.05. The van der Waals surface area contributed by atoms with Crippen molar-refractivity contribution >= 4 is 0 Å². The lowest BCUT2D eigenvalue weighted by atomic mass is 10.2. The van der Waals surface area contributed by atoms with Crippen molar-refractivity contribution in [1.29, 1.82) is 0 Å². The summed E-state index contributed by atoms with van der Waals surface area (Å²) in [7, 11) is 1.65. The fourth-order valence-electron chi connectivity index (χ4n) is 2.05. The molecule has 114 valence electrons. The normalized spacial score (nSPS) is 10.6. The van der Waals surface area contributed by atoms with E-state index in [1.54, 1.807) is 7.11 Å². The summed E-state index contributed by atoms with van der Waals surface area (Å²) in [5.41, 5.74) is 7.61. The molecule has 6 heteroatoms. The fourth-order valence-corrected chi connectivity index (χ4v) is 2.05. The number of benzene rings is 1. The first kappa shape index (κ1) is 15.3. The molecule has 2 rings (SSSR count). The van der Waals surface area contributed by atoms with Crippen LogP contribution in [0.15, 0.2) is 24.3 Å². The van der Waals surface area contributed by atoms with Crippen LogP contribution < -0.4 is 15.2 Å². The van der Waals surface area contributed by atoms with Gasteiger partial charge in [-0.05, 0) is 37.7 Å². The highest BCUT2D eigenvalue weighted by Gasteiger charge is 2.07. The van der Waals surface area contributed by atoms with E-state index in [-0.39, 0.29) is 0 Å². The Labute approximate surface area is 124 Å². The maximum absolute atomic E-state index is 5.68. The molecule has 0 bridgehead atoms. The van der Waals surface area contributed by atoms with Crippen LogP contribution in [-0.2, 0) is 13.0 Å². The Balaban J connectivity index is 1.76. The first-order valence-electron chi connectivity index (χ1n) is 7.10. The molecule has 2 N–H and O–H groups in total. The van der Waals surface area contributed by atoms with Crippen molar-refractivity contribution in [3.63, 3.8) is 0 Å². The highest BCUT2D eigenvalue weighted by Crippen LogP contribution is 2.17. The van der Waals surface area contributed by atoms with Gasteiger partial charge in [0.25, 0.3) is 0 Å². The number of methoxy groups -OCH3 is 1. The van der Waals surface area contributed by atoms with Gasteiger partial charge in [0.05, 0.1) is 25.1 Å². The van der Waals surface area contributed by atoms with Gasteiger partial charge in [0.2, 0.25) is 0 Å². The van der Waals surface area contributed by atoms with Crippen LogP contribution in [-0.4, -0.2) is 35.3 Å². The molecular formula is C15H22N4O2. The second-order valence-corrected chi connectivity index (χ2v) is 4.76. The Morgan fingerprint density at radius 1 is 1.19 bits per heavy atom. The molecule has 1 heterocycles. The summed E-state index contributed by atoms with van der Waals surface area (Å²) in [5.74, 6) is 1.67. The third kappa shape index (κ3) is 4.19. The largest absolute Gasteiger partial charge is 0.497 e. The molecule has 0 spiro atoms. The zero-order valence-electron chi connectivity index (χ0n) is 12.6. The van der Waals surface area contributed by atoms with E-state index in [1.807, 2.05) is 35.9 Å². The molecule has 0 saturated heterocycles. The Bertz CT molecular complexity index is 551. The van der Waals surface area contributed by atoms with Gasteiger partial charge in [-0.3, -0.25) is 0 Å². The number of nitrogens with two attached hydrogens (primary N) is 1. The van der Waals surface area contributed by atoms with Gasteiger partial charge in [-0.25, -0.2) is 4.68 Å². The number of aromatic nitrogens is 3. The second kappa shape index (κ2) is 7.64. The minimum absolute atomic E-state index is 0.597. The van der Waals surface area contributed by atoms with Crippen molar-refractivity contribution in [2.24, 2.45) is 5.73 Å². The summed E-state index contributed by atoms with van der Waals surface area (Å²) in [6.07, 6.45) is 1.65. The molecular weight excluding hydrogens is 268 g/mol. The van der Waals surface area contributed by atoms with E-state index < -0.39 is 0 Å². The minimum Gasteiger partial charge on any atom is -0.497 e. The standard InChI is InChI=1S/C15H22N4O2/c1-12-15(8-9-16)17-18-19(12)10-3-11-21-14-6-4-13(20-2)5-7-14/h4-7H,3,8-11,16H2,1-2H3. The number of hydrogen-bond acceptors (Lipinski definition) is 5. The summed E-state index contributed by atoms with van der Waals surface area (Å²) in [5, 5.41) is 8.28. The zero-order chi connectivity index (χ0) is 15.1. The number of aryl methyl sites for hydroxylation is 1. The summed E-state index contributed by atoms with van der Waals surface area (Å²) < 4.78 is 12.7. The third-order valence-corrected chi connectivity index (χ3v) is 3.30. The van der Waals surface area contributed by atoms with Crippen molar-refractivity contribution in [2.45, 2.75) is 26.3 Å². The lowest BCUT2D eigenvalue weighted by Gasteiger charge is -2.07. The number of nitrogens with zero attached hydrogens (tertiary/aromatic N) is 3. The Morgan fingerprint density at radius 3 is 2.57 bits per heavy atom. The monoisotopic (exact) mass is 290 g/mol. The molecule has 0 radical (unpaired) electrons. The number of rotatable bonds is 8. The van der Waals surface area contributed by atoms with Gasteiger partial charge in [-0.1, -0.05) is 5.21 Å². The van der Waals surface area contributed by atoms with E-state index >= 15 is 0 Å². The van der Waals surface area contributed by atoms with Crippen LogP contribution in [0.2, 0.25) is 0 Å². The summed E-state index contributed by atoms with van der Waals surface area (Å²) in [6, 6.07) is 7.57. The van der Waals surface area contributed by atoms with Gasteiger partial charge in [-0.2, -0.15) is 0 Å².